The second-order valence-corrected chi connectivity index (χ2v) is 7.94. The first-order chi connectivity index (χ1) is 16.5. The summed E-state index contributed by atoms with van der Waals surface area (Å²) in [6.45, 7) is 2.34. The van der Waals surface area contributed by atoms with E-state index in [4.69, 9.17) is 14.2 Å². The number of carboxylic acids is 1. The van der Waals surface area contributed by atoms with Crippen LogP contribution in [0.2, 0.25) is 0 Å². The standard InChI is InChI=1S/C20H34N3O11P/c1-10(18(29)23-35)12(19(30)31)3-4-14(26)21-5-6-32-7-8-33-20-15(22-11(2)25)17(28)16(27)13(9-24)34-20/h13,15-17,20,24,27-28H,3-9,35H2,1-2H3,(H,21,26)(H,22,25)(H,23,29)(H,30,31)/b12-10-. The third-order valence-corrected chi connectivity index (χ3v) is 5.38. The SMILES string of the molecule is CC(=O)NC1C(OCCOCCNC(=O)CC/C(C(=O)O)=C(\C)C(=O)NP)OC(CO)C(O)C1O. The number of aliphatic carboxylic acids is 1. The van der Waals surface area contributed by atoms with Gasteiger partial charge in [-0.3, -0.25) is 14.4 Å². The van der Waals surface area contributed by atoms with Gasteiger partial charge in [-0.05, 0) is 22.7 Å². The van der Waals surface area contributed by atoms with Gasteiger partial charge in [0.1, 0.15) is 24.4 Å². The molecule has 1 fully saturated rings. The zero-order valence-electron chi connectivity index (χ0n) is 19.6. The van der Waals surface area contributed by atoms with E-state index in [1.165, 1.54) is 13.8 Å². The molecule has 14 nitrogen and oxygen atoms in total. The Morgan fingerprint density at radius 1 is 1.03 bits per heavy atom. The van der Waals surface area contributed by atoms with Crippen LogP contribution in [-0.2, 0) is 33.4 Å². The highest BCUT2D eigenvalue weighted by atomic mass is 31.0. The first kappa shape index (κ1) is 30.8. The van der Waals surface area contributed by atoms with Crippen molar-refractivity contribution in [2.75, 3.05) is 33.0 Å². The lowest BCUT2D eigenvalue weighted by Gasteiger charge is -2.42. The van der Waals surface area contributed by atoms with Crippen LogP contribution in [0.25, 0.3) is 0 Å². The van der Waals surface area contributed by atoms with Crippen molar-refractivity contribution in [2.24, 2.45) is 0 Å². The molecule has 6 atom stereocenters. The molecule has 0 spiro atoms. The van der Waals surface area contributed by atoms with Crippen LogP contribution >= 0.6 is 9.39 Å². The van der Waals surface area contributed by atoms with Crippen molar-refractivity contribution in [3.63, 3.8) is 0 Å². The zero-order valence-corrected chi connectivity index (χ0v) is 20.7. The lowest BCUT2D eigenvalue weighted by molar-refractivity contribution is -0.272. The number of carbonyl (C=O) groups is 4. The van der Waals surface area contributed by atoms with Gasteiger partial charge in [0, 0.05) is 31.0 Å². The Morgan fingerprint density at radius 2 is 1.71 bits per heavy atom. The van der Waals surface area contributed by atoms with Crippen LogP contribution in [0.5, 0.6) is 0 Å². The maximum Gasteiger partial charge on any atom is 0.332 e. The van der Waals surface area contributed by atoms with Gasteiger partial charge in [-0.15, -0.1) is 0 Å². The van der Waals surface area contributed by atoms with Crippen LogP contribution in [0.1, 0.15) is 26.7 Å². The van der Waals surface area contributed by atoms with Crippen molar-refractivity contribution in [1.29, 1.82) is 0 Å². The fourth-order valence-corrected chi connectivity index (χ4v) is 3.44. The number of ether oxygens (including phenoxy) is 3. The Bertz CT molecular complexity index is 779. The molecule has 35 heavy (non-hydrogen) atoms. The molecular formula is C20H34N3O11P. The van der Waals surface area contributed by atoms with E-state index in [1.807, 2.05) is 9.39 Å². The average Bonchev–Trinajstić information content (AvgIpc) is 2.81. The predicted molar refractivity (Wildman–Crippen MR) is 123 cm³/mol. The van der Waals surface area contributed by atoms with Gasteiger partial charge in [-0.2, -0.15) is 0 Å². The van der Waals surface area contributed by atoms with Gasteiger partial charge in [0.2, 0.25) is 17.7 Å². The molecule has 0 aromatic carbocycles. The number of hydrogen-bond donors (Lipinski definition) is 7. The Morgan fingerprint density at radius 3 is 2.29 bits per heavy atom. The van der Waals surface area contributed by atoms with Gasteiger partial charge in [0.15, 0.2) is 6.29 Å². The van der Waals surface area contributed by atoms with E-state index in [2.05, 4.69) is 15.7 Å². The third-order valence-electron chi connectivity index (χ3n) is 5.11. The van der Waals surface area contributed by atoms with E-state index in [9.17, 15) is 39.6 Å². The quantitative estimate of drug-likeness (QED) is 0.0700. The van der Waals surface area contributed by atoms with E-state index >= 15 is 0 Å². The summed E-state index contributed by atoms with van der Waals surface area (Å²) in [5.41, 5.74) is -0.143. The summed E-state index contributed by atoms with van der Waals surface area (Å²) in [5, 5.41) is 45.9. The molecule has 15 heteroatoms. The fourth-order valence-electron chi connectivity index (χ4n) is 3.23. The predicted octanol–water partition coefficient (Wildman–Crippen LogP) is -2.83. The average molecular weight is 523 g/mol. The summed E-state index contributed by atoms with van der Waals surface area (Å²) >= 11 is 0. The number of carbonyl (C=O) groups excluding carboxylic acids is 3. The lowest BCUT2D eigenvalue weighted by Crippen LogP contribution is -2.64. The molecule has 0 aliphatic carbocycles. The van der Waals surface area contributed by atoms with Crippen molar-refractivity contribution in [2.45, 2.75) is 57.3 Å². The molecule has 0 aromatic rings. The minimum atomic E-state index is -1.42. The Kier molecular flexibility index (Phi) is 13.9. The molecule has 3 amide bonds. The van der Waals surface area contributed by atoms with Crippen LogP contribution in [0.15, 0.2) is 11.1 Å². The summed E-state index contributed by atoms with van der Waals surface area (Å²) in [4.78, 5) is 46.2. The van der Waals surface area contributed by atoms with Crippen molar-refractivity contribution < 1.29 is 53.8 Å². The molecule has 0 bridgehead atoms. The summed E-state index contributed by atoms with van der Waals surface area (Å²) in [6.07, 6.45) is -5.30. The summed E-state index contributed by atoms with van der Waals surface area (Å²) in [6, 6.07) is -1.06. The number of amides is 3. The number of rotatable bonds is 14. The van der Waals surface area contributed by atoms with Gasteiger partial charge >= 0.3 is 5.97 Å². The van der Waals surface area contributed by atoms with Gasteiger partial charge < -0.3 is 50.4 Å². The highest BCUT2D eigenvalue weighted by Gasteiger charge is 2.45. The summed E-state index contributed by atoms with van der Waals surface area (Å²) < 4.78 is 16.2. The number of aliphatic hydroxyl groups is 3. The molecule has 0 radical (unpaired) electrons. The van der Waals surface area contributed by atoms with Gasteiger partial charge in [-0.1, -0.05) is 0 Å². The molecule has 1 aliphatic rings. The molecule has 7 N–H and O–H groups in total. The van der Waals surface area contributed by atoms with E-state index < -0.39 is 60.9 Å². The molecule has 0 saturated carbocycles. The number of hydrogen-bond acceptors (Lipinski definition) is 10. The normalized spacial score (nSPS) is 24.8. The van der Waals surface area contributed by atoms with Crippen LogP contribution in [0, 0.1) is 0 Å². The second kappa shape index (κ2) is 15.7. The number of carboxylic acid groups (broad SMARTS) is 1. The van der Waals surface area contributed by atoms with Crippen molar-refractivity contribution in [1.82, 2.24) is 15.7 Å². The van der Waals surface area contributed by atoms with E-state index in [1.54, 1.807) is 0 Å². The highest BCUT2D eigenvalue weighted by molar-refractivity contribution is 7.15. The maximum atomic E-state index is 11.9. The smallest absolute Gasteiger partial charge is 0.332 e. The monoisotopic (exact) mass is 523 g/mol. The van der Waals surface area contributed by atoms with Crippen molar-refractivity contribution in [3.8, 4) is 0 Å². The minimum absolute atomic E-state index is 0.0126. The summed E-state index contributed by atoms with van der Waals surface area (Å²) in [5.74, 6) is -2.73. The summed E-state index contributed by atoms with van der Waals surface area (Å²) in [7, 11) is 1.98. The fraction of sp³-hybridized carbons (Fsp3) is 0.700. The zero-order chi connectivity index (χ0) is 26.5. The molecule has 0 aromatic heterocycles. The Hall–Kier alpha value is -2.19. The largest absolute Gasteiger partial charge is 0.478 e. The molecule has 1 heterocycles. The van der Waals surface area contributed by atoms with Gasteiger partial charge in [0.05, 0.1) is 26.4 Å². The molecule has 1 rings (SSSR count). The molecule has 6 unspecified atom stereocenters. The van der Waals surface area contributed by atoms with Crippen molar-refractivity contribution in [3.05, 3.63) is 11.1 Å². The molecule has 1 aliphatic heterocycles. The van der Waals surface area contributed by atoms with Crippen LogP contribution in [0.4, 0.5) is 0 Å². The van der Waals surface area contributed by atoms with Gasteiger partial charge in [0.25, 0.3) is 0 Å². The maximum absolute atomic E-state index is 11.9. The minimum Gasteiger partial charge on any atom is -0.478 e. The molecule has 1 saturated heterocycles. The van der Waals surface area contributed by atoms with E-state index in [-0.39, 0.29) is 50.4 Å². The number of aliphatic hydroxyl groups excluding tert-OH is 3. The second-order valence-electron chi connectivity index (χ2n) is 7.65. The van der Waals surface area contributed by atoms with Crippen molar-refractivity contribution >= 4 is 33.1 Å². The Labute approximate surface area is 204 Å². The van der Waals surface area contributed by atoms with Crippen LogP contribution in [0.3, 0.4) is 0 Å². The molecular weight excluding hydrogens is 489 g/mol. The number of nitrogens with one attached hydrogen (secondary N) is 3. The van der Waals surface area contributed by atoms with Crippen LogP contribution < -0.4 is 15.7 Å². The van der Waals surface area contributed by atoms with Crippen LogP contribution in [-0.4, -0.2) is 108 Å². The van der Waals surface area contributed by atoms with E-state index in [0.29, 0.717) is 0 Å². The first-order valence-corrected chi connectivity index (χ1v) is 11.4. The van der Waals surface area contributed by atoms with E-state index in [0.717, 1.165) is 0 Å². The Balaban J connectivity index is 2.36. The topological polar surface area (TPSA) is 213 Å². The lowest BCUT2D eigenvalue weighted by atomic mass is 9.97. The first-order valence-electron chi connectivity index (χ1n) is 10.8. The highest BCUT2D eigenvalue weighted by Crippen LogP contribution is 2.22. The van der Waals surface area contributed by atoms with Gasteiger partial charge in [-0.25, -0.2) is 4.79 Å². The third kappa shape index (κ3) is 10.1. The molecule has 200 valence electrons.